The first-order valence-corrected chi connectivity index (χ1v) is 4.90. The third-order valence-corrected chi connectivity index (χ3v) is 2.07. The Morgan fingerprint density at radius 2 is 2.13 bits per heavy atom. The number of hydrogen-bond acceptors (Lipinski definition) is 2. The largest absolute Gasteiger partial charge is 0.372 e. The van der Waals surface area contributed by atoms with Crippen molar-refractivity contribution >= 4 is 0 Å². The predicted molar refractivity (Wildman–Crippen MR) is 54.7 cm³/mol. The second-order valence-corrected chi connectivity index (χ2v) is 3.17. The van der Waals surface area contributed by atoms with E-state index in [2.05, 4.69) is 5.32 Å². The van der Waals surface area contributed by atoms with E-state index >= 15 is 0 Å². The highest BCUT2D eigenvalue weighted by molar-refractivity contribution is 5.21. The van der Waals surface area contributed by atoms with Crippen molar-refractivity contribution in [2.45, 2.75) is 13.0 Å². The van der Waals surface area contributed by atoms with Crippen LogP contribution in [0, 0.1) is 11.6 Å². The summed E-state index contributed by atoms with van der Waals surface area (Å²) in [6, 6.07) is 3.53. The Morgan fingerprint density at radius 1 is 1.40 bits per heavy atom. The molecular weight excluding hydrogens is 200 g/mol. The van der Waals surface area contributed by atoms with Gasteiger partial charge in [-0.15, -0.1) is 0 Å². The van der Waals surface area contributed by atoms with Crippen LogP contribution in [-0.2, 0) is 4.74 Å². The summed E-state index contributed by atoms with van der Waals surface area (Å²) >= 11 is 0. The van der Waals surface area contributed by atoms with Crippen molar-refractivity contribution in [2.24, 2.45) is 0 Å². The Labute approximate surface area is 88.3 Å². The summed E-state index contributed by atoms with van der Waals surface area (Å²) in [4.78, 5) is 0. The number of benzene rings is 1. The summed E-state index contributed by atoms with van der Waals surface area (Å²) in [7, 11) is 1.76. The zero-order chi connectivity index (χ0) is 11.3. The molecule has 4 heteroatoms. The fourth-order valence-corrected chi connectivity index (χ4v) is 1.41. The first kappa shape index (κ1) is 12.1. The standard InChI is InChI=1S/C11H15F2NO/c1-3-15-11(7-14-2)9-5-4-8(12)6-10(9)13/h4-6,11,14H,3,7H2,1-2H3/t11-/m1/s1. The molecule has 0 saturated carbocycles. The van der Waals surface area contributed by atoms with Gasteiger partial charge in [-0.2, -0.15) is 0 Å². The molecule has 1 N–H and O–H groups in total. The van der Waals surface area contributed by atoms with Crippen molar-refractivity contribution < 1.29 is 13.5 Å². The van der Waals surface area contributed by atoms with Crippen LogP contribution in [0.3, 0.4) is 0 Å². The minimum Gasteiger partial charge on any atom is -0.372 e. The van der Waals surface area contributed by atoms with E-state index in [1.165, 1.54) is 12.1 Å². The molecule has 0 aliphatic rings. The van der Waals surface area contributed by atoms with Crippen molar-refractivity contribution in [1.82, 2.24) is 5.32 Å². The molecule has 2 nitrogen and oxygen atoms in total. The van der Waals surface area contributed by atoms with Crippen LogP contribution < -0.4 is 5.32 Å². The lowest BCUT2D eigenvalue weighted by Crippen LogP contribution is -2.20. The van der Waals surface area contributed by atoms with Gasteiger partial charge in [-0.25, -0.2) is 8.78 Å². The molecule has 0 spiro atoms. The highest BCUT2D eigenvalue weighted by atomic mass is 19.1. The minimum atomic E-state index is -0.573. The molecule has 0 radical (unpaired) electrons. The number of rotatable bonds is 5. The summed E-state index contributed by atoms with van der Waals surface area (Å²) in [5, 5.41) is 2.91. The maximum absolute atomic E-state index is 13.4. The topological polar surface area (TPSA) is 21.3 Å². The third kappa shape index (κ3) is 3.25. The van der Waals surface area contributed by atoms with Gasteiger partial charge in [0.25, 0.3) is 0 Å². The number of ether oxygens (including phenoxy) is 1. The highest BCUT2D eigenvalue weighted by Gasteiger charge is 2.15. The lowest BCUT2D eigenvalue weighted by Gasteiger charge is -2.17. The molecule has 0 saturated heterocycles. The molecule has 0 fully saturated rings. The van der Waals surface area contributed by atoms with Crippen LogP contribution in [0.1, 0.15) is 18.6 Å². The van der Waals surface area contributed by atoms with Gasteiger partial charge in [-0.1, -0.05) is 6.07 Å². The number of hydrogen-bond donors (Lipinski definition) is 1. The van der Waals surface area contributed by atoms with E-state index in [9.17, 15) is 8.78 Å². The fourth-order valence-electron chi connectivity index (χ4n) is 1.41. The molecule has 0 unspecified atom stereocenters. The fraction of sp³-hybridized carbons (Fsp3) is 0.455. The van der Waals surface area contributed by atoms with Crippen LogP contribution in [-0.4, -0.2) is 20.2 Å². The van der Waals surface area contributed by atoms with Gasteiger partial charge in [0.2, 0.25) is 0 Å². The van der Waals surface area contributed by atoms with Crippen molar-refractivity contribution in [3.8, 4) is 0 Å². The maximum atomic E-state index is 13.4. The van der Waals surface area contributed by atoms with Crippen LogP contribution >= 0.6 is 0 Å². The van der Waals surface area contributed by atoms with Gasteiger partial charge in [0.15, 0.2) is 0 Å². The molecule has 0 aliphatic carbocycles. The van der Waals surface area contributed by atoms with Crippen molar-refractivity contribution in [1.29, 1.82) is 0 Å². The number of nitrogens with one attached hydrogen (secondary N) is 1. The average Bonchev–Trinajstić information content (AvgIpc) is 2.17. The lowest BCUT2D eigenvalue weighted by molar-refractivity contribution is 0.0612. The molecule has 0 bridgehead atoms. The summed E-state index contributed by atoms with van der Waals surface area (Å²) in [5.74, 6) is -1.14. The van der Waals surface area contributed by atoms with Gasteiger partial charge < -0.3 is 10.1 Å². The maximum Gasteiger partial charge on any atom is 0.131 e. The van der Waals surface area contributed by atoms with E-state index in [1.54, 1.807) is 7.05 Å². The number of halogens is 2. The monoisotopic (exact) mass is 215 g/mol. The van der Waals surface area contributed by atoms with Gasteiger partial charge in [0.05, 0.1) is 6.10 Å². The quantitative estimate of drug-likeness (QED) is 0.813. The molecule has 0 aliphatic heterocycles. The second-order valence-electron chi connectivity index (χ2n) is 3.17. The summed E-state index contributed by atoms with van der Waals surface area (Å²) in [5.41, 5.74) is 0.382. The van der Waals surface area contributed by atoms with Gasteiger partial charge in [0.1, 0.15) is 11.6 Å². The van der Waals surface area contributed by atoms with Gasteiger partial charge in [-0.3, -0.25) is 0 Å². The molecule has 0 amide bonds. The number of likely N-dealkylation sites (N-methyl/N-ethyl adjacent to an activating group) is 1. The Balaban J connectivity index is 2.89. The average molecular weight is 215 g/mol. The van der Waals surface area contributed by atoms with Crippen LogP contribution in [0.5, 0.6) is 0 Å². The molecule has 84 valence electrons. The zero-order valence-electron chi connectivity index (χ0n) is 8.89. The van der Waals surface area contributed by atoms with Crippen LogP contribution in [0.2, 0.25) is 0 Å². The molecule has 0 heterocycles. The Bertz CT molecular complexity index is 311. The second kappa shape index (κ2) is 5.78. The van der Waals surface area contributed by atoms with E-state index in [4.69, 9.17) is 4.74 Å². The smallest absolute Gasteiger partial charge is 0.131 e. The molecule has 1 atom stereocenters. The Hall–Kier alpha value is -1.00. The van der Waals surface area contributed by atoms with Crippen molar-refractivity contribution in [3.05, 3.63) is 35.4 Å². The van der Waals surface area contributed by atoms with Crippen molar-refractivity contribution in [3.63, 3.8) is 0 Å². The van der Waals surface area contributed by atoms with Gasteiger partial charge >= 0.3 is 0 Å². The van der Waals surface area contributed by atoms with E-state index < -0.39 is 11.6 Å². The van der Waals surface area contributed by atoms with Crippen LogP contribution in [0.25, 0.3) is 0 Å². The summed E-state index contributed by atoms with van der Waals surface area (Å²) in [6.45, 7) is 2.82. The normalized spacial score (nSPS) is 12.8. The first-order valence-electron chi connectivity index (χ1n) is 4.90. The molecule has 1 rings (SSSR count). The van der Waals surface area contributed by atoms with E-state index in [-0.39, 0.29) is 6.10 Å². The Kier molecular flexibility index (Phi) is 4.65. The minimum absolute atomic E-state index is 0.374. The van der Waals surface area contributed by atoms with Crippen LogP contribution in [0.15, 0.2) is 18.2 Å². The van der Waals surface area contributed by atoms with Crippen LogP contribution in [0.4, 0.5) is 8.78 Å². The first-order chi connectivity index (χ1) is 7.19. The molecular formula is C11H15F2NO. The van der Waals surface area contributed by atoms with Gasteiger partial charge in [0, 0.05) is 24.8 Å². The van der Waals surface area contributed by atoms with Gasteiger partial charge in [-0.05, 0) is 20.0 Å². The summed E-state index contributed by atoms with van der Waals surface area (Å²) in [6.07, 6.45) is -0.374. The summed E-state index contributed by atoms with van der Waals surface area (Å²) < 4.78 is 31.4. The third-order valence-electron chi connectivity index (χ3n) is 2.07. The van der Waals surface area contributed by atoms with E-state index in [0.29, 0.717) is 18.7 Å². The zero-order valence-corrected chi connectivity index (χ0v) is 8.89. The molecule has 1 aromatic rings. The lowest BCUT2D eigenvalue weighted by atomic mass is 10.1. The van der Waals surface area contributed by atoms with Crippen molar-refractivity contribution in [2.75, 3.05) is 20.2 Å². The molecule has 15 heavy (non-hydrogen) atoms. The van der Waals surface area contributed by atoms with E-state index in [0.717, 1.165) is 6.07 Å². The highest BCUT2D eigenvalue weighted by Crippen LogP contribution is 2.20. The Morgan fingerprint density at radius 3 is 2.67 bits per heavy atom. The predicted octanol–water partition coefficient (Wildman–Crippen LogP) is 2.26. The van der Waals surface area contributed by atoms with E-state index in [1.807, 2.05) is 6.92 Å². The molecule has 0 aromatic heterocycles. The molecule has 1 aromatic carbocycles. The SMILES string of the molecule is CCO[C@H](CNC)c1ccc(F)cc1F.